The first kappa shape index (κ1) is 13.9. The predicted molar refractivity (Wildman–Crippen MR) is 72.7 cm³/mol. The average molecular weight is 288 g/mol. The Labute approximate surface area is 111 Å². The van der Waals surface area contributed by atoms with Crippen molar-refractivity contribution in [2.75, 3.05) is 29.7 Å². The van der Waals surface area contributed by atoms with E-state index in [1.807, 2.05) is 0 Å². The van der Waals surface area contributed by atoms with Crippen molar-refractivity contribution in [3.8, 4) is 5.75 Å². The SMILES string of the molecule is COc1cc(NC2CCCS(=O)(=O)C2)c(F)cc1N. The van der Waals surface area contributed by atoms with E-state index in [1.54, 1.807) is 0 Å². The number of nitrogens with two attached hydrogens (primary N) is 1. The van der Waals surface area contributed by atoms with Gasteiger partial charge in [-0.25, -0.2) is 12.8 Å². The summed E-state index contributed by atoms with van der Waals surface area (Å²) in [7, 11) is -1.59. The van der Waals surface area contributed by atoms with Crippen molar-refractivity contribution in [1.82, 2.24) is 0 Å². The highest BCUT2D eigenvalue weighted by molar-refractivity contribution is 7.91. The predicted octanol–water partition coefficient (Wildman–Crippen LogP) is 1.41. The van der Waals surface area contributed by atoms with Crippen LogP contribution in [0, 0.1) is 5.82 Å². The minimum absolute atomic E-state index is 0.0269. The molecule has 106 valence electrons. The number of methoxy groups -OCH3 is 1. The minimum atomic E-state index is -3.03. The van der Waals surface area contributed by atoms with E-state index in [2.05, 4.69) is 5.32 Å². The number of ether oxygens (including phenoxy) is 1. The number of halogens is 1. The van der Waals surface area contributed by atoms with Crippen LogP contribution in [0.2, 0.25) is 0 Å². The average Bonchev–Trinajstić information content (AvgIpc) is 2.31. The standard InChI is InChI=1S/C12H17FN2O3S/c1-18-12-6-11(9(13)5-10(12)14)15-8-3-2-4-19(16,17)7-8/h5-6,8,15H,2-4,7,14H2,1H3. The third kappa shape index (κ3) is 3.28. The van der Waals surface area contributed by atoms with Crippen molar-refractivity contribution in [3.05, 3.63) is 17.9 Å². The second-order valence-corrected chi connectivity index (χ2v) is 6.90. The minimum Gasteiger partial charge on any atom is -0.495 e. The molecule has 5 nitrogen and oxygen atoms in total. The van der Waals surface area contributed by atoms with Gasteiger partial charge >= 0.3 is 0 Å². The molecule has 1 heterocycles. The second kappa shape index (κ2) is 5.24. The maximum absolute atomic E-state index is 13.8. The number of nitrogen functional groups attached to an aromatic ring is 1. The molecule has 3 N–H and O–H groups in total. The first-order valence-corrected chi connectivity index (χ1v) is 7.83. The fourth-order valence-electron chi connectivity index (χ4n) is 2.21. The summed E-state index contributed by atoms with van der Waals surface area (Å²) in [6.45, 7) is 0. The maximum atomic E-state index is 13.8. The Kier molecular flexibility index (Phi) is 3.84. The Hall–Kier alpha value is -1.50. The molecule has 0 amide bonds. The quantitative estimate of drug-likeness (QED) is 0.822. The number of hydrogen-bond acceptors (Lipinski definition) is 5. The Bertz CT molecular complexity index is 575. The summed E-state index contributed by atoms with van der Waals surface area (Å²) < 4.78 is 41.9. The number of benzene rings is 1. The van der Waals surface area contributed by atoms with Crippen molar-refractivity contribution in [1.29, 1.82) is 0 Å². The highest BCUT2D eigenvalue weighted by Crippen LogP contribution is 2.29. The summed E-state index contributed by atoms with van der Waals surface area (Å²) in [5.41, 5.74) is 6.01. The zero-order chi connectivity index (χ0) is 14.0. The number of hydrogen-bond donors (Lipinski definition) is 2. The molecule has 19 heavy (non-hydrogen) atoms. The Morgan fingerprint density at radius 2 is 2.21 bits per heavy atom. The van der Waals surface area contributed by atoms with Crippen LogP contribution in [0.4, 0.5) is 15.8 Å². The fourth-order valence-corrected chi connectivity index (χ4v) is 3.85. The molecule has 1 saturated heterocycles. The molecule has 1 aliphatic heterocycles. The van der Waals surface area contributed by atoms with Gasteiger partial charge < -0.3 is 15.8 Å². The third-order valence-electron chi connectivity index (χ3n) is 3.14. The fraction of sp³-hybridized carbons (Fsp3) is 0.500. The molecule has 0 bridgehead atoms. The number of nitrogens with one attached hydrogen (secondary N) is 1. The molecule has 7 heteroatoms. The normalized spacial score (nSPS) is 21.9. The van der Waals surface area contributed by atoms with Crippen LogP contribution in [0.25, 0.3) is 0 Å². The topological polar surface area (TPSA) is 81.4 Å². The van der Waals surface area contributed by atoms with Crippen LogP contribution >= 0.6 is 0 Å². The van der Waals surface area contributed by atoms with Crippen molar-refractivity contribution in [3.63, 3.8) is 0 Å². The van der Waals surface area contributed by atoms with Crippen LogP contribution in [-0.4, -0.2) is 33.1 Å². The van der Waals surface area contributed by atoms with Crippen LogP contribution < -0.4 is 15.8 Å². The lowest BCUT2D eigenvalue weighted by Gasteiger charge is -2.24. The van der Waals surface area contributed by atoms with Gasteiger partial charge in [0.05, 0.1) is 30.0 Å². The molecule has 1 aliphatic rings. The highest BCUT2D eigenvalue weighted by Gasteiger charge is 2.25. The zero-order valence-corrected chi connectivity index (χ0v) is 11.5. The molecule has 1 unspecified atom stereocenters. The van der Waals surface area contributed by atoms with Crippen molar-refractivity contribution < 1.29 is 17.5 Å². The van der Waals surface area contributed by atoms with E-state index in [0.717, 1.165) is 0 Å². The third-order valence-corrected chi connectivity index (χ3v) is 4.96. The first-order chi connectivity index (χ1) is 8.91. The largest absolute Gasteiger partial charge is 0.495 e. The van der Waals surface area contributed by atoms with E-state index >= 15 is 0 Å². The highest BCUT2D eigenvalue weighted by atomic mass is 32.2. The van der Waals surface area contributed by atoms with Gasteiger partial charge in [-0.1, -0.05) is 0 Å². The van der Waals surface area contributed by atoms with Crippen molar-refractivity contribution in [2.24, 2.45) is 0 Å². The second-order valence-electron chi connectivity index (χ2n) is 4.67. The van der Waals surface area contributed by atoms with E-state index in [1.165, 1.54) is 19.2 Å². The Balaban J connectivity index is 2.19. The van der Waals surface area contributed by atoms with Gasteiger partial charge in [0.1, 0.15) is 11.6 Å². The van der Waals surface area contributed by atoms with Gasteiger partial charge in [-0.2, -0.15) is 0 Å². The molecule has 0 aromatic heterocycles. The number of rotatable bonds is 3. The molecule has 1 atom stereocenters. The lowest BCUT2D eigenvalue weighted by molar-refractivity contribution is 0.416. The molecular weight excluding hydrogens is 271 g/mol. The lowest BCUT2D eigenvalue weighted by Crippen LogP contribution is -2.35. The van der Waals surface area contributed by atoms with E-state index in [0.29, 0.717) is 18.6 Å². The van der Waals surface area contributed by atoms with Gasteiger partial charge in [-0.15, -0.1) is 0 Å². The van der Waals surface area contributed by atoms with Gasteiger partial charge in [0.2, 0.25) is 0 Å². The smallest absolute Gasteiger partial charge is 0.152 e. The Morgan fingerprint density at radius 1 is 1.47 bits per heavy atom. The number of sulfone groups is 1. The summed E-state index contributed by atoms with van der Waals surface area (Å²) >= 11 is 0. The zero-order valence-electron chi connectivity index (χ0n) is 10.6. The van der Waals surface area contributed by atoms with Gasteiger partial charge in [0.25, 0.3) is 0 Å². The van der Waals surface area contributed by atoms with Gasteiger partial charge in [0, 0.05) is 18.2 Å². The van der Waals surface area contributed by atoms with Crippen molar-refractivity contribution in [2.45, 2.75) is 18.9 Å². The molecule has 0 spiro atoms. The Morgan fingerprint density at radius 3 is 2.84 bits per heavy atom. The van der Waals surface area contributed by atoms with E-state index in [-0.39, 0.29) is 28.9 Å². The maximum Gasteiger partial charge on any atom is 0.152 e. The van der Waals surface area contributed by atoms with Crippen LogP contribution in [0.5, 0.6) is 5.75 Å². The van der Waals surface area contributed by atoms with Crippen LogP contribution in [0.3, 0.4) is 0 Å². The summed E-state index contributed by atoms with van der Waals surface area (Å²) in [6.07, 6.45) is 1.29. The molecule has 0 saturated carbocycles. The van der Waals surface area contributed by atoms with Crippen LogP contribution in [0.15, 0.2) is 12.1 Å². The monoisotopic (exact) mass is 288 g/mol. The van der Waals surface area contributed by atoms with E-state index < -0.39 is 15.7 Å². The van der Waals surface area contributed by atoms with E-state index in [4.69, 9.17) is 10.5 Å². The van der Waals surface area contributed by atoms with Gasteiger partial charge in [-0.3, -0.25) is 0 Å². The van der Waals surface area contributed by atoms with Gasteiger partial charge in [0.15, 0.2) is 9.84 Å². The molecule has 1 fully saturated rings. The molecular formula is C12H17FN2O3S. The van der Waals surface area contributed by atoms with E-state index in [9.17, 15) is 12.8 Å². The van der Waals surface area contributed by atoms with Crippen LogP contribution in [0.1, 0.15) is 12.8 Å². The lowest BCUT2D eigenvalue weighted by atomic mass is 10.1. The molecule has 2 rings (SSSR count). The van der Waals surface area contributed by atoms with Crippen molar-refractivity contribution >= 4 is 21.2 Å². The molecule has 1 aromatic rings. The molecule has 1 aromatic carbocycles. The summed E-state index contributed by atoms with van der Waals surface area (Å²) in [4.78, 5) is 0. The van der Waals surface area contributed by atoms with Gasteiger partial charge in [-0.05, 0) is 12.8 Å². The van der Waals surface area contributed by atoms with Crippen LogP contribution in [-0.2, 0) is 9.84 Å². The molecule has 0 radical (unpaired) electrons. The summed E-state index contributed by atoms with van der Waals surface area (Å²) in [5.74, 6) is 0.0848. The summed E-state index contributed by atoms with van der Waals surface area (Å²) in [5, 5.41) is 2.92. The summed E-state index contributed by atoms with van der Waals surface area (Å²) in [6, 6.07) is 2.34. The molecule has 0 aliphatic carbocycles. The number of anilines is 2. The first-order valence-electron chi connectivity index (χ1n) is 6.01.